The van der Waals surface area contributed by atoms with Crippen molar-refractivity contribution >= 4 is 23.7 Å². The summed E-state index contributed by atoms with van der Waals surface area (Å²) in [5.74, 6) is -0.689. The van der Waals surface area contributed by atoms with Crippen molar-refractivity contribution in [1.29, 1.82) is 0 Å². The number of carbonyl (C=O) groups excluding carboxylic acids is 1. The average Bonchev–Trinajstić information content (AvgIpc) is 2.45. The number of rotatable bonds is 4. The summed E-state index contributed by atoms with van der Waals surface area (Å²) in [5.41, 5.74) is -0.0226. The molecule has 0 atom stereocenters. The minimum Gasteiger partial charge on any atom is -0.532 e. The number of hydrogen-bond acceptors (Lipinski definition) is 4. The van der Waals surface area contributed by atoms with Gasteiger partial charge in [0.15, 0.2) is 11.4 Å². The third kappa shape index (κ3) is 2.70. The number of aromatic nitrogens is 1. The van der Waals surface area contributed by atoms with E-state index < -0.39 is 5.97 Å². The van der Waals surface area contributed by atoms with E-state index in [0.29, 0.717) is 5.39 Å². The molecule has 0 fully saturated rings. The van der Waals surface area contributed by atoms with Gasteiger partial charge >= 0.3 is 12.9 Å². The van der Waals surface area contributed by atoms with Crippen LogP contribution < -0.4 is 0 Å². The molecule has 0 saturated carbocycles. The predicted molar refractivity (Wildman–Crippen MR) is 75.5 cm³/mol. The molecule has 4 nitrogen and oxygen atoms in total. The van der Waals surface area contributed by atoms with E-state index in [4.69, 9.17) is 4.65 Å². The van der Waals surface area contributed by atoms with E-state index in [0.717, 1.165) is 18.0 Å². The Morgan fingerprint density at radius 3 is 2.68 bits per heavy atom. The number of hydrogen-bond donors (Lipinski definition) is 1. The summed E-state index contributed by atoms with van der Waals surface area (Å²) in [6.45, 7) is 3.77. The lowest BCUT2D eigenvalue weighted by Gasteiger charge is -2.11. The Bertz CT molecular complexity index is 596. The topological polar surface area (TPSA) is 59.4 Å². The van der Waals surface area contributed by atoms with Crippen molar-refractivity contribution in [3.05, 3.63) is 36.2 Å². The highest BCUT2D eigenvalue weighted by Gasteiger charge is 2.21. The van der Waals surface area contributed by atoms with Crippen LogP contribution in [0, 0.1) is 0 Å². The van der Waals surface area contributed by atoms with E-state index in [1.807, 2.05) is 26.0 Å². The first-order chi connectivity index (χ1) is 9.17. The molecule has 19 heavy (non-hydrogen) atoms. The zero-order chi connectivity index (χ0) is 13.8. The van der Waals surface area contributed by atoms with Crippen LogP contribution in [0.25, 0.3) is 10.8 Å². The summed E-state index contributed by atoms with van der Waals surface area (Å²) >= 11 is 0. The number of carbonyl (C=O) groups is 1. The lowest BCUT2D eigenvalue weighted by atomic mass is 9.62. The van der Waals surface area contributed by atoms with Gasteiger partial charge in [-0.2, -0.15) is 0 Å². The fourth-order valence-electron chi connectivity index (χ4n) is 1.96. The Morgan fingerprint density at radius 2 is 2.00 bits per heavy atom. The van der Waals surface area contributed by atoms with Gasteiger partial charge in [0.05, 0.1) is 0 Å². The van der Waals surface area contributed by atoms with Crippen LogP contribution in [-0.4, -0.2) is 23.0 Å². The lowest BCUT2D eigenvalue weighted by molar-refractivity contribution is 0.0721. The van der Waals surface area contributed by atoms with Crippen molar-refractivity contribution in [2.24, 2.45) is 0 Å². The van der Waals surface area contributed by atoms with Gasteiger partial charge in [-0.15, -0.1) is 0 Å². The maximum atomic E-state index is 12.0. The molecule has 5 heteroatoms. The van der Waals surface area contributed by atoms with Gasteiger partial charge in [-0.05, 0) is 12.6 Å². The molecule has 0 amide bonds. The van der Waals surface area contributed by atoms with Crippen molar-refractivity contribution in [1.82, 2.24) is 4.98 Å². The van der Waals surface area contributed by atoms with E-state index in [2.05, 4.69) is 4.98 Å². The van der Waals surface area contributed by atoms with Crippen LogP contribution in [0.1, 0.15) is 24.3 Å². The highest BCUT2D eigenvalue weighted by Crippen LogP contribution is 2.27. The van der Waals surface area contributed by atoms with Crippen molar-refractivity contribution in [2.45, 2.75) is 26.5 Å². The Kier molecular flexibility index (Phi) is 4.05. The number of fused-ring (bicyclic) bond motifs is 1. The predicted octanol–water partition coefficient (Wildman–Crippen LogP) is 3.13. The summed E-state index contributed by atoms with van der Waals surface area (Å²) in [4.78, 5) is 16.0. The summed E-state index contributed by atoms with van der Waals surface area (Å²) < 4.78 is 5.30. The average molecular weight is 257 g/mol. The van der Waals surface area contributed by atoms with E-state index in [9.17, 15) is 9.90 Å². The molecule has 0 unspecified atom stereocenters. The standard InChI is InChI=1S/C14H16BNO3/c1-3-15(4-2)19-14(18)12-13(17)11-8-6-5-7-10(11)9-16-12/h5-9,17H,3-4H2,1-2H3. The van der Waals surface area contributed by atoms with Crippen LogP contribution in [0.15, 0.2) is 30.5 Å². The normalized spacial score (nSPS) is 10.4. The van der Waals surface area contributed by atoms with Gasteiger partial charge in [0.1, 0.15) is 0 Å². The Hall–Kier alpha value is -2.04. The monoisotopic (exact) mass is 257 g/mol. The van der Waals surface area contributed by atoms with E-state index in [1.54, 1.807) is 18.3 Å². The summed E-state index contributed by atoms with van der Waals surface area (Å²) in [7, 11) is 0. The van der Waals surface area contributed by atoms with Crippen molar-refractivity contribution in [3.8, 4) is 5.75 Å². The van der Waals surface area contributed by atoms with Crippen molar-refractivity contribution < 1.29 is 14.6 Å². The van der Waals surface area contributed by atoms with Gasteiger partial charge < -0.3 is 9.76 Å². The Balaban J connectivity index is 2.35. The van der Waals surface area contributed by atoms with Crippen LogP contribution in [0.4, 0.5) is 0 Å². The molecule has 0 bridgehead atoms. The lowest BCUT2D eigenvalue weighted by Crippen LogP contribution is -2.21. The first-order valence-electron chi connectivity index (χ1n) is 6.45. The van der Waals surface area contributed by atoms with E-state index >= 15 is 0 Å². The molecule has 2 aromatic rings. The largest absolute Gasteiger partial charge is 0.532 e. The Morgan fingerprint density at radius 1 is 1.32 bits per heavy atom. The smallest absolute Gasteiger partial charge is 0.361 e. The van der Waals surface area contributed by atoms with Gasteiger partial charge in [0.25, 0.3) is 0 Å². The number of aromatic hydroxyl groups is 1. The highest BCUT2D eigenvalue weighted by atomic mass is 16.5. The van der Waals surface area contributed by atoms with E-state index in [1.165, 1.54) is 0 Å². The fraction of sp³-hybridized carbons (Fsp3) is 0.286. The summed E-state index contributed by atoms with van der Waals surface area (Å²) in [6.07, 6.45) is 3.06. The molecule has 0 radical (unpaired) electrons. The molecule has 0 aliphatic carbocycles. The molecule has 1 heterocycles. The summed E-state index contributed by atoms with van der Waals surface area (Å²) in [5, 5.41) is 11.5. The van der Waals surface area contributed by atoms with Crippen LogP contribution in [0.5, 0.6) is 5.75 Å². The number of benzene rings is 1. The van der Waals surface area contributed by atoms with Gasteiger partial charge in [-0.1, -0.05) is 38.1 Å². The van der Waals surface area contributed by atoms with Gasteiger partial charge in [0.2, 0.25) is 0 Å². The molecule has 0 spiro atoms. The zero-order valence-corrected chi connectivity index (χ0v) is 11.1. The third-order valence-electron chi connectivity index (χ3n) is 3.15. The molecule has 0 aliphatic rings. The maximum Gasteiger partial charge on any atom is 0.361 e. The molecule has 1 aromatic carbocycles. The molecule has 0 aliphatic heterocycles. The molecular weight excluding hydrogens is 241 g/mol. The van der Waals surface area contributed by atoms with E-state index in [-0.39, 0.29) is 18.4 Å². The number of nitrogens with zero attached hydrogens (tertiary/aromatic N) is 1. The van der Waals surface area contributed by atoms with Crippen molar-refractivity contribution in [3.63, 3.8) is 0 Å². The molecule has 2 rings (SSSR count). The van der Waals surface area contributed by atoms with Crippen LogP contribution in [0.3, 0.4) is 0 Å². The maximum absolute atomic E-state index is 12.0. The minimum absolute atomic E-state index is 0.0226. The Labute approximate surface area is 112 Å². The second kappa shape index (κ2) is 5.74. The molecule has 0 saturated heterocycles. The summed E-state index contributed by atoms with van der Waals surface area (Å²) in [6, 6.07) is 7.24. The minimum atomic E-state index is -0.572. The molecule has 1 N–H and O–H groups in total. The van der Waals surface area contributed by atoms with Gasteiger partial charge in [-0.25, -0.2) is 9.78 Å². The molecule has 98 valence electrons. The fourth-order valence-corrected chi connectivity index (χ4v) is 1.96. The van der Waals surface area contributed by atoms with Crippen molar-refractivity contribution in [2.75, 3.05) is 0 Å². The third-order valence-corrected chi connectivity index (χ3v) is 3.15. The molecular formula is C14H16BNO3. The van der Waals surface area contributed by atoms with Crippen LogP contribution >= 0.6 is 0 Å². The van der Waals surface area contributed by atoms with Gasteiger partial charge in [-0.3, -0.25) is 0 Å². The second-order valence-electron chi connectivity index (χ2n) is 4.39. The first kappa shape index (κ1) is 13.4. The van der Waals surface area contributed by atoms with Gasteiger partial charge in [0, 0.05) is 17.0 Å². The quantitative estimate of drug-likeness (QED) is 0.855. The first-order valence-corrected chi connectivity index (χ1v) is 6.45. The SMILES string of the molecule is CCB(CC)OC(=O)c1ncc2ccccc2c1O. The molecule has 1 aromatic heterocycles. The second-order valence-corrected chi connectivity index (χ2v) is 4.39. The highest BCUT2D eigenvalue weighted by molar-refractivity contribution is 6.54. The van der Waals surface area contributed by atoms with Crippen LogP contribution in [0.2, 0.25) is 12.6 Å². The zero-order valence-electron chi connectivity index (χ0n) is 11.1. The van der Waals surface area contributed by atoms with Crippen LogP contribution in [-0.2, 0) is 4.65 Å². The number of pyridine rings is 1.